The van der Waals surface area contributed by atoms with Crippen LogP contribution in [0.25, 0.3) is 10.8 Å². The summed E-state index contributed by atoms with van der Waals surface area (Å²) < 4.78 is 91.6. The van der Waals surface area contributed by atoms with Crippen LogP contribution in [-0.2, 0) is 29.1 Å². The van der Waals surface area contributed by atoms with Crippen LogP contribution in [0.5, 0.6) is 17.4 Å². The predicted molar refractivity (Wildman–Crippen MR) is 206 cm³/mol. The molecule has 19 heteroatoms. The molecule has 59 heavy (non-hydrogen) atoms. The van der Waals surface area contributed by atoms with Gasteiger partial charge in [-0.25, -0.2) is 18.2 Å². The van der Waals surface area contributed by atoms with Crippen LogP contribution in [0.3, 0.4) is 0 Å². The van der Waals surface area contributed by atoms with Crippen LogP contribution in [0.1, 0.15) is 79.6 Å². The van der Waals surface area contributed by atoms with E-state index in [0.717, 1.165) is 0 Å². The summed E-state index contributed by atoms with van der Waals surface area (Å²) in [6, 6.07) is 2.42. The van der Waals surface area contributed by atoms with E-state index in [2.05, 4.69) is 20.3 Å². The van der Waals surface area contributed by atoms with Crippen LogP contribution in [-0.4, -0.2) is 102 Å². The Kier molecular flexibility index (Phi) is 11.0. The average molecular weight is 850 g/mol. The number of ether oxygens (including phenoxy) is 4. The molecule has 7 rings (SSSR count). The molecule has 1 aromatic carbocycles. The predicted octanol–water partition coefficient (Wildman–Crippen LogP) is 4.68. The van der Waals surface area contributed by atoms with Crippen molar-refractivity contribution in [1.82, 2.24) is 25.2 Å². The lowest BCUT2D eigenvalue weighted by atomic mass is 9.88. The van der Waals surface area contributed by atoms with E-state index in [1.54, 1.807) is 31.2 Å². The molecule has 5 aliphatic rings. The molecular formula is C40H50F3N5O10S. The van der Waals surface area contributed by atoms with E-state index in [-0.39, 0.29) is 31.2 Å². The zero-order valence-corrected chi connectivity index (χ0v) is 34.3. The Morgan fingerprint density at radius 1 is 1.05 bits per heavy atom. The van der Waals surface area contributed by atoms with Crippen molar-refractivity contribution in [1.29, 1.82) is 0 Å². The van der Waals surface area contributed by atoms with Crippen LogP contribution in [0.2, 0.25) is 0 Å². The number of nitrogens with one attached hydrogen (secondary N) is 3. The molecule has 0 bridgehead atoms. The lowest BCUT2D eigenvalue weighted by Crippen LogP contribution is -2.59. The summed E-state index contributed by atoms with van der Waals surface area (Å²) in [5, 5.41) is 6.39. The summed E-state index contributed by atoms with van der Waals surface area (Å²) in [4.78, 5) is 62.0. The van der Waals surface area contributed by atoms with Gasteiger partial charge in [0.25, 0.3) is 5.91 Å². The molecule has 0 radical (unpaired) electrons. The summed E-state index contributed by atoms with van der Waals surface area (Å²) in [6.07, 6.45) is 0.108. The fraction of sp³-hybridized carbons (Fsp3) is 0.625. The van der Waals surface area contributed by atoms with Crippen molar-refractivity contribution in [3.63, 3.8) is 0 Å². The zero-order chi connectivity index (χ0) is 42.7. The smallest absolute Gasteiger partial charge is 0.427 e. The van der Waals surface area contributed by atoms with Gasteiger partial charge in [-0.15, -0.1) is 0 Å². The monoisotopic (exact) mass is 849 g/mol. The van der Waals surface area contributed by atoms with Crippen molar-refractivity contribution in [3.8, 4) is 17.4 Å². The number of hydrogen-bond acceptors (Lipinski definition) is 11. The van der Waals surface area contributed by atoms with Gasteiger partial charge in [-0.05, 0) is 89.3 Å². The standard InChI is InChI=1S/C40H50F3N5O10S/c1-22-8-6-7-9-24-20-39(24,35(51)47-59(53,54)38(5)13-14-38)46-32(49)28-19-25(57-33-27-10-11-29-31(56-17-16-55-29)26(27)12-15-44-33)21-48(28)34(50)30(23(2)18-22)45-36(52)58-37(3,4)40(41,42)43/h7,9-12,15,22-25,28,30H,6,8,13-14,16-21H2,1-5H3,(H,45,52)(H,46,49)(H,47,51)/b9-7-/t22-,23+,24-,25+,28-,30-,39+/m0/s1. The zero-order valence-electron chi connectivity index (χ0n) is 33.5. The second kappa shape index (κ2) is 15.3. The van der Waals surface area contributed by atoms with Crippen LogP contribution >= 0.6 is 0 Å². The minimum atomic E-state index is -4.92. The van der Waals surface area contributed by atoms with Gasteiger partial charge < -0.3 is 34.5 Å². The molecule has 7 atom stereocenters. The third-order valence-electron chi connectivity index (χ3n) is 12.2. The first-order chi connectivity index (χ1) is 27.6. The Balaban J connectivity index is 1.23. The van der Waals surface area contributed by atoms with Crippen molar-refractivity contribution in [3.05, 3.63) is 36.5 Å². The van der Waals surface area contributed by atoms with E-state index in [1.165, 1.54) is 18.0 Å². The number of pyridine rings is 1. The van der Waals surface area contributed by atoms with E-state index in [4.69, 9.17) is 18.9 Å². The van der Waals surface area contributed by atoms with Gasteiger partial charge in [0.15, 0.2) is 11.5 Å². The third-order valence-corrected chi connectivity index (χ3v) is 14.4. The molecule has 15 nitrogen and oxygen atoms in total. The lowest BCUT2D eigenvalue weighted by Gasteiger charge is -2.34. The van der Waals surface area contributed by atoms with E-state index in [0.29, 0.717) is 81.4 Å². The Labute approximate surface area is 340 Å². The van der Waals surface area contributed by atoms with Crippen molar-refractivity contribution in [2.75, 3.05) is 19.8 Å². The maximum absolute atomic E-state index is 14.8. The van der Waals surface area contributed by atoms with Gasteiger partial charge in [-0.1, -0.05) is 26.0 Å². The van der Waals surface area contributed by atoms with Crippen molar-refractivity contribution >= 4 is 44.6 Å². The second-order valence-corrected chi connectivity index (χ2v) is 19.5. The molecule has 1 saturated heterocycles. The minimum absolute atomic E-state index is 0.0426. The van der Waals surface area contributed by atoms with Gasteiger partial charge in [0.2, 0.25) is 33.3 Å². The van der Waals surface area contributed by atoms with Crippen LogP contribution in [0, 0.1) is 17.8 Å². The van der Waals surface area contributed by atoms with Crippen LogP contribution < -0.4 is 29.6 Å². The van der Waals surface area contributed by atoms with Gasteiger partial charge >= 0.3 is 12.3 Å². The molecule has 4 amide bonds. The normalized spacial score (nSPS) is 30.1. The van der Waals surface area contributed by atoms with E-state index < -0.39 is 85.9 Å². The molecule has 3 N–H and O–H groups in total. The number of carbonyl (C=O) groups is 4. The molecule has 4 heterocycles. The SMILES string of the molecule is C[C@H]1CC/C=C\[C@H]2C[C@@]2(C(=O)NS(=O)(=O)C2(C)CC2)NC(=O)[C@@H]2C[C@@H](Oc3nccc4c5c(ccc34)OCCO5)CN2C(=O)[C@@H](NC(=O)OC(C)(C)C(F)(F)F)[C@H](C)C1. The number of allylic oxidation sites excluding steroid dienone is 1. The number of fused-ring (bicyclic) bond motifs is 5. The summed E-state index contributed by atoms with van der Waals surface area (Å²) in [5.74, 6) is -2.50. The first-order valence-electron chi connectivity index (χ1n) is 19.9. The molecule has 2 aliphatic carbocycles. The maximum Gasteiger partial charge on any atom is 0.427 e. The van der Waals surface area contributed by atoms with Crippen molar-refractivity contribution in [2.24, 2.45) is 17.8 Å². The van der Waals surface area contributed by atoms with Gasteiger partial charge in [0.1, 0.15) is 36.9 Å². The highest BCUT2D eigenvalue weighted by atomic mass is 32.2. The number of hydrogen-bond donors (Lipinski definition) is 3. The Morgan fingerprint density at radius 2 is 1.78 bits per heavy atom. The number of nitrogens with zero attached hydrogens (tertiary/aromatic N) is 2. The molecule has 3 fully saturated rings. The number of carbonyl (C=O) groups excluding carboxylic acids is 4. The first-order valence-corrected chi connectivity index (χ1v) is 21.4. The van der Waals surface area contributed by atoms with Gasteiger partial charge in [-0.2, -0.15) is 13.2 Å². The number of aromatic nitrogens is 1. The Morgan fingerprint density at radius 3 is 2.49 bits per heavy atom. The fourth-order valence-corrected chi connectivity index (χ4v) is 9.35. The van der Waals surface area contributed by atoms with Gasteiger partial charge in [0.05, 0.1) is 11.3 Å². The molecule has 1 aromatic heterocycles. The van der Waals surface area contributed by atoms with Crippen molar-refractivity contribution < 1.29 is 59.7 Å². The number of alkyl carbamates (subject to hydrolysis) is 1. The Bertz CT molecular complexity index is 2160. The van der Waals surface area contributed by atoms with Crippen LogP contribution in [0.4, 0.5) is 18.0 Å². The summed E-state index contributed by atoms with van der Waals surface area (Å²) in [6.45, 7) is 7.02. The highest BCUT2D eigenvalue weighted by Gasteiger charge is 2.63. The average Bonchev–Trinajstić information content (AvgIpc) is 4.04. The topological polar surface area (TPSA) is 192 Å². The third kappa shape index (κ3) is 8.35. The van der Waals surface area contributed by atoms with E-state index >= 15 is 0 Å². The lowest BCUT2D eigenvalue weighted by molar-refractivity contribution is -0.244. The summed E-state index contributed by atoms with van der Waals surface area (Å²) in [5.41, 5.74) is -4.54. The molecular weight excluding hydrogens is 800 g/mol. The largest absolute Gasteiger partial charge is 0.486 e. The summed E-state index contributed by atoms with van der Waals surface area (Å²) in [7, 11) is -4.08. The number of amides is 4. The highest BCUT2D eigenvalue weighted by Crippen LogP contribution is 2.48. The van der Waals surface area contributed by atoms with Crippen molar-refractivity contribution in [2.45, 2.75) is 120 Å². The number of halogens is 3. The number of sulfonamides is 1. The minimum Gasteiger partial charge on any atom is -0.486 e. The molecule has 322 valence electrons. The number of benzene rings is 1. The van der Waals surface area contributed by atoms with E-state index in [9.17, 15) is 40.8 Å². The molecule has 2 aromatic rings. The quantitative estimate of drug-likeness (QED) is 0.328. The number of rotatable bonds is 7. The van der Waals surface area contributed by atoms with Gasteiger partial charge in [-0.3, -0.25) is 19.1 Å². The fourth-order valence-electron chi connectivity index (χ4n) is 8.03. The molecule has 0 unspecified atom stereocenters. The Hall–Kier alpha value is -4.81. The maximum atomic E-state index is 14.8. The van der Waals surface area contributed by atoms with Gasteiger partial charge in [0, 0.05) is 29.3 Å². The molecule has 3 aliphatic heterocycles. The highest BCUT2D eigenvalue weighted by molar-refractivity contribution is 7.91. The van der Waals surface area contributed by atoms with E-state index in [1.807, 2.05) is 13.0 Å². The summed E-state index contributed by atoms with van der Waals surface area (Å²) >= 11 is 0. The number of alkyl halides is 3. The molecule has 2 saturated carbocycles. The molecule has 0 spiro atoms. The van der Waals surface area contributed by atoms with Crippen LogP contribution in [0.15, 0.2) is 36.5 Å². The second-order valence-electron chi connectivity index (χ2n) is 17.3. The first kappa shape index (κ1) is 42.3.